The maximum absolute atomic E-state index is 14.5. The lowest BCUT2D eigenvalue weighted by molar-refractivity contribution is -0.165. The van der Waals surface area contributed by atoms with Crippen molar-refractivity contribution in [3.05, 3.63) is 130 Å². The second kappa shape index (κ2) is 19.8. The Labute approximate surface area is 340 Å². The standard InChI is InChI=1S/C38H36F5N5O2.C4H6O6/c1-2-46-21-18-30(19-22-46)47(23-25-8-10-26(11-9-25)27-12-15-29(16-13-27)38(41,42)43)34(49)24-48-33(17-14-28-5-3-7-32(39)35(28)40)45-37(50)31-6-4-20-44-36(31)48;5-1(3(7)8)2(6)4(9)10/h3-13,15-16,20,30H,2,14,17-19,21-24H2,1H3;1-2,5-6H,(H,7,8)(H,9,10). The highest BCUT2D eigenvalue weighted by atomic mass is 19.4. The number of aromatic nitrogens is 3. The lowest BCUT2D eigenvalue weighted by Gasteiger charge is -2.38. The van der Waals surface area contributed by atoms with Crippen LogP contribution in [0.5, 0.6) is 0 Å². The van der Waals surface area contributed by atoms with E-state index in [2.05, 4.69) is 21.8 Å². The third-order valence-corrected chi connectivity index (χ3v) is 10.2. The van der Waals surface area contributed by atoms with Gasteiger partial charge in [-0.3, -0.25) is 9.59 Å². The molecule has 3 heterocycles. The van der Waals surface area contributed by atoms with Gasteiger partial charge in [-0.05, 0) is 78.4 Å². The van der Waals surface area contributed by atoms with E-state index in [0.29, 0.717) is 5.56 Å². The normalized spacial score (nSPS) is 14.5. The number of aliphatic hydroxyl groups is 2. The number of rotatable bonds is 13. The average molecular weight is 840 g/mol. The van der Waals surface area contributed by atoms with Crippen LogP contribution in [-0.2, 0) is 46.5 Å². The Bertz CT molecular complexity index is 2330. The molecule has 1 aliphatic rings. The van der Waals surface area contributed by atoms with Crippen LogP contribution in [0.15, 0.2) is 89.9 Å². The molecule has 2 aromatic heterocycles. The van der Waals surface area contributed by atoms with Gasteiger partial charge in [0.2, 0.25) is 5.91 Å². The van der Waals surface area contributed by atoms with Crippen molar-refractivity contribution in [1.82, 2.24) is 24.3 Å². The van der Waals surface area contributed by atoms with Crippen molar-refractivity contribution in [2.45, 2.75) is 70.1 Å². The van der Waals surface area contributed by atoms with Crippen molar-refractivity contribution >= 4 is 28.9 Å². The number of aliphatic hydroxyl groups excluding tert-OH is 2. The highest BCUT2D eigenvalue weighted by Gasteiger charge is 2.31. The van der Waals surface area contributed by atoms with Crippen molar-refractivity contribution < 1.29 is 56.8 Å². The monoisotopic (exact) mass is 839 g/mol. The van der Waals surface area contributed by atoms with Crippen LogP contribution in [0.3, 0.4) is 0 Å². The number of carbonyl (C=O) groups excluding carboxylic acids is 1. The molecule has 318 valence electrons. The van der Waals surface area contributed by atoms with Gasteiger partial charge >= 0.3 is 18.1 Å². The van der Waals surface area contributed by atoms with Crippen LogP contribution in [0.25, 0.3) is 22.2 Å². The summed E-state index contributed by atoms with van der Waals surface area (Å²) in [7, 11) is 0. The van der Waals surface area contributed by atoms with Crippen LogP contribution in [0.4, 0.5) is 22.0 Å². The molecule has 5 aromatic rings. The minimum Gasteiger partial charge on any atom is -0.479 e. The van der Waals surface area contributed by atoms with Gasteiger partial charge in [0.1, 0.15) is 18.0 Å². The Morgan fingerprint density at radius 3 is 2.02 bits per heavy atom. The number of hydrogen-bond donors (Lipinski definition) is 4. The highest BCUT2D eigenvalue weighted by molar-refractivity contribution is 5.83. The van der Waals surface area contributed by atoms with E-state index >= 15 is 0 Å². The molecule has 0 spiro atoms. The van der Waals surface area contributed by atoms with Crippen molar-refractivity contribution in [3.63, 3.8) is 0 Å². The Balaban J connectivity index is 0.000000606. The van der Waals surface area contributed by atoms with Gasteiger partial charge in [-0.2, -0.15) is 18.2 Å². The summed E-state index contributed by atoms with van der Waals surface area (Å²) in [5.74, 6) is -5.46. The van der Waals surface area contributed by atoms with E-state index in [4.69, 9.17) is 20.4 Å². The summed E-state index contributed by atoms with van der Waals surface area (Å²) >= 11 is 0. The summed E-state index contributed by atoms with van der Waals surface area (Å²) < 4.78 is 69.2. The number of halogens is 5. The number of alkyl halides is 3. The molecular weight excluding hydrogens is 797 g/mol. The van der Waals surface area contributed by atoms with E-state index in [0.717, 1.165) is 61.8 Å². The second-order valence-corrected chi connectivity index (χ2v) is 14.0. The second-order valence-electron chi connectivity index (χ2n) is 14.0. The molecule has 60 heavy (non-hydrogen) atoms. The van der Waals surface area contributed by atoms with Gasteiger partial charge in [-0.15, -0.1) is 0 Å². The molecular formula is C42H42F5N5O8. The third-order valence-electron chi connectivity index (χ3n) is 10.2. The molecule has 0 saturated carbocycles. The fraction of sp³-hybridized carbons (Fsp3) is 0.333. The zero-order chi connectivity index (χ0) is 43.7. The molecule has 1 fully saturated rings. The van der Waals surface area contributed by atoms with E-state index in [9.17, 15) is 41.1 Å². The topological polar surface area (TPSA) is 186 Å². The first kappa shape index (κ1) is 45.0. The number of hydrogen-bond acceptors (Lipinski definition) is 9. The number of carbonyl (C=O) groups is 3. The summed E-state index contributed by atoms with van der Waals surface area (Å²) in [6.45, 7) is 4.76. The van der Waals surface area contributed by atoms with Gasteiger partial charge < -0.3 is 34.8 Å². The summed E-state index contributed by atoms with van der Waals surface area (Å²) in [6.07, 6.45) is -5.79. The molecule has 2 atom stereocenters. The molecule has 4 N–H and O–H groups in total. The van der Waals surface area contributed by atoms with E-state index in [1.54, 1.807) is 16.7 Å². The molecule has 13 nitrogen and oxygen atoms in total. The summed E-state index contributed by atoms with van der Waals surface area (Å²) in [6, 6.07) is 19.4. The quantitative estimate of drug-likeness (QED) is 0.118. The zero-order valence-electron chi connectivity index (χ0n) is 32.2. The zero-order valence-corrected chi connectivity index (χ0v) is 32.2. The summed E-state index contributed by atoms with van der Waals surface area (Å²) in [5, 5.41) is 32.8. The molecule has 1 saturated heterocycles. The maximum Gasteiger partial charge on any atom is 0.416 e. The lowest BCUT2D eigenvalue weighted by atomic mass is 10.00. The first-order valence-electron chi connectivity index (χ1n) is 18.9. The first-order chi connectivity index (χ1) is 28.5. The molecule has 6 rings (SSSR count). The Morgan fingerprint density at radius 2 is 1.45 bits per heavy atom. The number of nitrogens with zero attached hydrogens (tertiary/aromatic N) is 5. The van der Waals surface area contributed by atoms with Gasteiger partial charge in [0.05, 0.1) is 10.9 Å². The molecule has 0 aliphatic carbocycles. The number of amides is 1. The highest BCUT2D eigenvalue weighted by Crippen LogP contribution is 2.31. The number of likely N-dealkylation sites (tertiary alicyclic amines) is 1. The van der Waals surface area contributed by atoms with Crippen LogP contribution in [0, 0.1) is 11.6 Å². The number of pyridine rings is 1. The Kier molecular flexibility index (Phi) is 14.8. The lowest BCUT2D eigenvalue weighted by Crippen LogP contribution is -2.48. The summed E-state index contributed by atoms with van der Waals surface area (Å²) in [5.41, 5.74) is 1.39. The van der Waals surface area contributed by atoms with E-state index in [-0.39, 0.29) is 60.3 Å². The smallest absolute Gasteiger partial charge is 0.416 e. The van der Waals surface area contributed by atoms with Gasteiger partial charge in [0, 0.05) is 38.3 Å². The van der Waals surface area contributed by atoms with Crippen LogP contribution in [0.2, 0.25) is 0 Å². The number of aliphatic carboxylic acids is 2. The van der Waals surface area contributed by atoms with E-state index in [1.807, 2.05) is 29.2 Å². The van der Waals surface area contributed by atoms with Crippen molar-refractivity contribution in [3.8, 4) is 11.1 Å². The number of carboxylic acid groups (broad SMARTS) is 2. The van der Waals surface area contributed by atoms with Crippen molar-refractivity contribution in [1.29, 1.82) is 0 Å². The molecule has 2 unspecified atom stereocenters. The largest absolute Gasteiger partial charge is 0.479 e. The average Bonchev–Trinajstić information content (AvgIpc) is 3.24. The minimum absolute atomic E-state index is 0.0486. The SMILES string of the molecule is CCN1CCC(N(Cc2ccc(-c3ccc(C(F)(F)F)cc3)cc2)C(=O)Cn2c(CCc3cccc(F)c3F)nc(=O)c3cccnc32)CC1.O=C(O)C(O)C(O)C(=O)O. The predicted molar refractivity (Wildman–Crippen MR) is 207 cm³/mol. The van der Waals surface area contributed by atoms with Crippen molar-refractivity contribution in [2.75, 3.05) is 19.6 Å². The van der Waals surface area contributed by atoms with Gasteiger partial charge in [0.25, 0.3) is 5.56 Å². The first-order valence-corrected chi connectivity index (χ1v) is 18.9. The molecule has 1 aliphatic heterocycles. The number of fused-ring (bicyclic) bond motifs is 1. The molecule has 18 heteroatoms. The predicted octanol–water partition coefficient (Wildman–Crippen LogP) is 4.93. The van der Waals surface area contributed by atoms with Gasteiger partial charge in [-0.1, -0.05) is 55.5 Å². The molecule has 1 amide bonds. The summed E-state index contributed by atoms with van der Waals surface area (Å²) in [4.78, 5) is 59.8. The van der Waals surface area contributed by atoms with Crippen LogP contribution >= 0.6 is 0 Å². The fourth-order valence-electron chi connectivity index (χ4n) is 6.80. The molecule has 3 aromatic carbocycles. The number of piperidine rings is 1. The Hall–Kier alpha value is -6.11. The van der Waals surface area contributed by atoms with E-state index < -0.39 is 53.1 Å². The third kappa shape index (κ3) is 11.1. The van der Waals surface area contributed by atoms with Crippen LogP contribution in [0.1, 0.15) is 42.3 Å². The maximum atomic E-state index is 14.5. The van der Waals surface area contributed by atoms with E-state index in [1.165, 1.54) is 30.5 Å². The minimum atomic E-state index is -4.42. The molecule has 0 radical (unpaired) electrons. The van der Waals surface area contributed by atoms with Gasteiger partial charge in [0.15, 0.2) is 23.8 Å². The van der Waals surface area contributed by atoms with Crippen LogP contribution < -0.4 is 5.56 Å². The Morgan fingerprint density at radius 1 is 0.850 bits per heavy atom. The molecule has 0 bridgehead atoms. The fourth-order valence-corrected chi connectivity index (χ4v) is 6.80. The van der Waals surface area contributed by atoms with Crippen LogP contribution in [-0.4, -0.2) is 100 Å². The van der Waals surface area contributed by atoms with Crippen molar-refractivity contribution in [2.24, 2.45) is 0 Å². The van der Waals surface area contributed by atoms with Gasteiger partial charge in [-0.25, -0.2) is 23.4 Å². The number of aryl methyl sites for hydroxylation is 2. The number of carboxylic acids is 2. The number of benzene rings is 3.